The highest BCUT2D eigenvalue weighted by atomic mass is 79.9. The number of ether oxygens (including phenoxy) is 1. The Kier molecular flexibility index (Phi) is 3.39. The fourth-order valence-electron chi connectivity index (χ4n) is 1.26. The summed E-state index contributed by atoms with van der Waals surface area (Å²) >= 11 is 3.31. The van der Waals surface area contributed by atoms with Crippen LogP contribution in [0.4, 0.5) is 0 Å². The van der Waals surface area contributed by atoms with Crippen molar-refractivity contribution < 1.29 is 14.6 Å². The Balaban J connectivity index is 3.36. The van der Waals surface area contributed by atoms with Crippen molar-refractivity contribution in [3.8, 4) is 11.5 Å². The molecule has 0 spiro atoms. The number of hydrogen-bond donors (Lipinski definition) is 1. The van der Waals surface area contributed by atoms with Gasteiger partial charge in [0.15, 0.2) is 11.5 Å². The molecule has 4 heteroatoms. The van der Waals surface area contributed by atoms with Crippen molar-refractivity contribution in [1.29, 1.82) is 0 Å². The first-order chi connectivity index (χ1) is 6.92. The van der Waals surface area contributed by atoms with Gasteiger partial charge in [0.2, 0.25) is 0 Å². The normalized spacial score (nSPS) is 11.2. The van der Waals surface area contributed by atoms with E-state index in [0.29, 0.717) is 10.2 Å². The highest BCUT2D eigenvalue weighted by molar-refractivity contribution is 9.10. The molecule has 0 amide bonds. The lowest BCUT2D eigenvalue weighted by molar-refractivity contribution is -0.111. The molecule has 0 aliphatic rings. The third kappa shape index (κ3) is 2.31. The topological polar surface area (TPSA) is 46.5 Å². The van der Waals surface area contributed by atoms with E-state index in [1.54, 1.807) is 19.9 Å². The van der Waals surface area contributed by atoms with Gasteiger partial charge in [-0.2, -0.15) is 0 Å². The first-order valence-corrected chi connectivity index (χ1v) is 5.25. The standard InChI is InChI=1S/C11H13BrO3/c1-11(2,6-13)7-4-10(15-3)9(14)5-8(7)12/h4-6,14H,1-3H3. The number of carbonyl (C=O) groups excluding carboxylic acids is 1. The van der Waals surface area contributed by atoms with Crippen LogP contribution in [-0.2, 0) is 10.2 Å². The summed E-state index contributed by atoms with van der Waals surface area (Å²) < 4.78 is 5.69. The minimum absolute atomic E-state index is 0.0508. The van der Waals surface area contributed by atoms with Crippen molar-refractivity contribution in [2.45, 2.75) is 19.3 Å². The van der Waals surface area contributed by atoms with Gasteiger partial charge >= 0.3 is 0 Å². The Morgan fingerprint density at radius 1 is 1.47 bits per heavy atom. The van der Waals surface area contributed by atoms with Crippen LogP contribution in [0.25, 0.3) is 0 Å². The van der Waals surface area contributed by atoms with Crippen LogP contribution in [0.2, 0.25) is 0 Å². The Morgan fingerprint density at radius 2 is 2.07 bits per heavy atom. The molecule has 0 radical (unpaired) electrons. The lowest BCUT2D eigenvalue weighted by Gasteiger charge is -2.20. The number of benzene rings is 1. The Bertz CT molecular complexity index is 386. The molecule has 0 aliphatic carbocycles. The maximum atomic E-state index is 10.9. The van der Waals surface area contributed by atoms with Gasteiger partial charge in [0.25, 0.3) is 0 Å². The van der Waals surface area contributed by atoms with Crippen molar-refractivity contribution in [2.24, 2.45) is 0 Å². The quantitative estimate of drug-likeness (QED) is 0.861. The molecular weight excluding hydrogens is 260 g/mol. The number of aromatic hydroxyl groups is 1. The van der Waals surface area contributed by atoms with Gasteiger partial charge in [-0.3, -0.25) is 0 Å². The number of carbonyl (C=O) groups is 1. The fourth-order valence-corrected chi connectivity index (χ4v) is 2.11. The van der Waals surface area contributed by atoms with Gasteiger partial charge in [-0.15, -0.1) is 0 Å². The van der Waals surface area contributed by atoms with Gasteiger partial charge in [0, 0.05) is 9.89 Å². The summed E-state index contributed by atoms with van der Waals surface area (Å²) in [6.07, 6.45) is 0.865. The van der Waals surface area contributed by atoms with Crippen molar-refractivity contribution in [3.63, 3.8) is 0 Å². The Hall–Kier alpha value is -1.03. The minimum atomic E-state index is -0.611. The molecular formula is C11H13BrO3. The second kappa shape index (κ2) is 4.23. The molecule has 15 heavy (non-hydrogen) atoms. The molecule has 0 aliphatic heterocycles. The third-order valence-electron chi connectivity index (χ3n) is 2.26. The molecule has 0 unspecified atom stereocenters. The van der Waals surface area contributed by atoms with Crippen LogP contribution in [0.15, 0.2) is 16.6 Å². The fraction of sp³-hybridized carbons (Fsp3) is 0.364. The van der Waals surface area contributed by atoms with Gasteiger partial charge in [-0.05, 0) is 31.5 Å². The first-order valence-electron chi connectivity index (χ1n) is 4.45. The van der Waals surface area contributed by atoms with Crippen LogP contribution in [0.3, 0.4) is 0 Å². The largest absolute Gasteiger partial charge is 0.504 e. The summed E-state index contributed by atoms with van der Waals surface area (Å²) in [5, 5.41) is 9.51. The number of halogens is 1. The van der Waals surface area contributed by atoms with E-state index in [-0.39, 0.29) is 5.75 Å². The van der Waals surface area contributed by atoms with E-state index >= 15 is 0 Å². The van der Waals surface area contributed by atoms with Crippen molar-refractivity contribution in [1.82, 2.24) is 0 Å². The van der Waals surface area contributed by atoms with Crippen molar-refractivity contribution in [3.05, 3.63) is 22.2 Å². The number of hydrogen-bond acceptors (Lipinski definition) is 3. The monoisotopic (exact) mass is 272 g/mol. The predicted molar refractivity (Wildman–Crippen MR) is 61.4 cm³/mol. The van der Waals surface area contributed by atoms with Gasteiger partial charge in [0.05, 0.1) is 7.11 Å². The molecule has 0 aromatic heterocycles. The van der Waals surface area contributed by atoms with Crippen LogP contribution in [0, 0.1) is 0 Å². The lowest BCUT2D eigenvalue weighted by atomic mass is 9.86. The van der Waals surface area contributed by atoms with E-state index in [1.807, 2.05) is 0 Å². The number of rotatable bonds is 3. The Labute approximate surface area is 97.2 Å². The highest BCUT2D eigenvalue weighted by Gasteiger charge is 2.24. The number of phenolic OH excluding ortho intramolecular Hbond substituents is 1. The zero-order valence-electron chi connectivity index (χ0n) is 8.87. The molecule has 0 atom stereocenters. The summed E-state index contributed by atoms with van der Waals surface area (Å²) in [7, 11) is 1.47. The van der Waals surface area contributed by atoms with Crippen molar-refractivity contribution in [2.75, 3.05) is 7.11 Å². The molecule has 82 valence electrons. The van der Waals surface area contributed by atoms with Crippen LogP contribution >= 0.6 is 15.9 Å². The number of aldehydes is 1. The third-order valence-corrected chi connectivity index (χ3v) is 2.91. The molecule has 0 fully saturated rings. The van der Waals surface area contributed by atoms with Gasteiger partial charge in [-0.1, -0.05) is 15.9 Å². The zero-order valence-corrected chi connectivity index (χ0v) is 10.5. The van der Waals surface area contributed by atoms with E-state index in [4.69, 9.17) is 4.74 Å². The summed E-state index contributed by atoms with van der Waals surface area (Å²) in [4.78, 5) is 10.9. The molecule has 3 nitrogen and oxygen atoms in total. The van der Waals surface area contributed by atoms with Crippen LogP contribution in [0.1, 0.15) is 19.4 Å². The smallest absolute Gasteiger partial charge is 0.160 e. The molecule has 1 aromatic rings. The number of methoxy groups -OCH3 is 1. The van der Waals surface area contributed by atoms with Crippen LogP contribution in [-0.4, -0.2) is 18.5 Å². The average Bonchev–Trinajstić information content (AvgIpc) is 2.17. The summed E-state index contributed by atoms with van der Waals surface area (Å²) in [6, 6.07) is 3.19. The lowest BCUT2D eigenvalue weighted by Crippen LogP contribution is -2.19. The van der Waals surface area contributed by atoms with Crippen LogP contribution in [0.5, 0.6) is 11.5 Å². The van der Waals surface area contributed by atoms with E-state index < -0.39 is 5.41 Å². The van der Waals surface area contributed by atoms with E-state index in [9.17, 15) is 9.90 Å². The molecule has 0 saturated heterocycles. The molecule has 1 N–H and O–H groups in total. The average molecular weight is 273 g/mol. The van der Waals surface area contributed by atoms with E-state index in [0.717, 1.165) is 11.8 Å². The first kappa shape index (κ1) is 12.0. The van der Waals surface area contributed by atoms with E-state index in [2.05, 4.69) is 15.9 Å². The zero-order chi connectivity index (χ0) is 11.6. The summed E-state index contributed by atoms with van der Waals surface area (Å²) in [5.41, 5.74) is 0.173. The van der Waals surface area contributed by atoms with Gasteiger partial charge in [-0.25, -0.2) is 0 Å². The summed E-state index contributed by atoms with van der Waals surface area (Å²) in [6.45, 7) is 3.60. The maximum Gasteiger partial charge on any atom is 0.160 e. The van der Waals surface area contributed by atoms with Crippen LogP contribution < -0.4 is 4.74 Å². The highest BCUT2D eigenvalue weighted by Crippen LogP contribution is 2.37. The van der Waals surface area contributed by atoms with Crippen molar-refractivity contribution >= 4 is 22.2 Å². The SMILES string of the molecule is COc1cc(C(C)(C)C=O)c(Br)cc1O. The minimum Gasteiger partial charge on any atom is -0.504 e. The second-order valence-corrected chi connectivity index (χ2v) is 4.70. The number of phenols is 1. The maximum absolute atomic E-state index is 10.9. The van der Waals surface area contributed by atoms with Gasteiger partial charge < -0.3 is 14.6 Å². The van der Waals surface area contributed by atoms with Gasteiger partial charge in [0.1, 0.15) is 6.29 Å². The molecule has 0 bridgehead atoms. The predicted octanol–water partition coefficient (Wildman–Crippen LogP) is 2.64. The molecule has 1 aromatic carbocycles. The Morgan fingerprint density at radius 3 is 2.53 bits per heavy atom. The molecule has 0 heterocycles. The molecule has 1 rings (SSSR count). The second-order valence-electron chi connectivity index (χ2n) is 3.84. The summed E-state index contributed by atoms with van der Waals surface area (Å²) in [5.74, 6) is 0.415. The van der Waals surface area contributed by atoms with E-state index in [1.165, 1.54) is 13.2 Å². The molecule has 0 saturated carbocycles.